The van der Waals surface area contributed by atoms with E-state index < -0.39 is 0 Å². The summed E-state index contributed by atoms with van der Waals surface area (Å²) in [6, 6.07) is 34.7. The lowest BCUT2D eigenvalue weighted by molar-refractivity contribution is 1.28. The summed E-state index contributed by atoms with van der Waals surface area (Å²) in [5.74, 6) is 0. The summed E-state index contributed by atoms with van der Waals surface area (Å²) in [6.45, 7) is 6.30. The molecule has 0 unspecified atom stereocenters. The number of aryl methyl sites for hydroxylation is 1. The van der Waals surface area contributed by atoms with Crippen molar-refractivity contribution in [2.75, 3.05) is 0 Å². The zero-order valence-corrected chi connectivity index (χ0v) is 18.4. The first kappa shape index (κ1) is 20.0. The molecule has 0 aromatic heterocycles. The van der Waals surface area contributed by atoms with Crippen molar-refractivity contribution in [3.8, 4) is 11.1 Å². The number of hydrogen-bond donors (Lipinski definition) is 0. The summed E-state index contributed by atoms with van der Waals surface area (Å²) in [6.07, 6.45) is 7.43. The molecular weight excluding hydrogens is 384 g/mol. The lowest BCUT2D eigenvalue weighted by Crippen LogP contribution is -1.89. The van der Waals surface area contributed by atoms with Gasteiger partial charge in [0.2, 0.25) is 0 Å². The molecule has 0 aliphatic carbocycles. The molecule has 32 heavy (non-hydrogen) atoms. The van der Waals surface area contributed by atoms with Gasteiger partial charge in [0, 0.05) is 0 Å². The van der Waals surface area contributed by atoms with E-state index in [4.69, 9.17) is 0 Å². The van der Waals surface area contributed by atoms with Crippen molar-refractivity contribution >= 4 is 33.7 Å². The molecular formula is C32H26. The second-order valence-electron chi connectivity index (χ2n) is 8.24. The third-order valence-corrected chi connectivity index (χ3v) is 6.24. The maximum atomic E-state index is 4.13. The number of hydrogen-bond acceptors (Lipinski definition) is 0. The monoisotopic (exact) mass is 410 g/mol. The highest BCUT2D eigenvalue weighted by atomic mass is 14.1. The first-order chi connectivity index (χ1) is 15.8. The predicted molar refractivity (Wildman–Crippen MR) is 141 cm³/mol. The van der Waals surface area contributed by atoms with E-state index in [0.717, 1.165) is 6.42 Å². The number of fused-ring (bicyclic) bond motifs is 3. The van der Waals surface area contributed by atoms with Gasteiger partial charge in [0.1, 0.15) is 0 Å². The Morgan fingerprint density at radius 3 is 1.97 bits per heavy atom. The van der Waals surface area contributed by atoms with Crippen LogP contribution in [0.25, 0.3) is 44.8 Å². The smallest absolute Gasteiger partial charge is 0.00939 e. The number of allylic oxidation sites excluding steroid dienone is 1. The highest BCUT2D eigenvalue weighted by Gasteiger charge is 2.10. The van der Waals surface area contributed by atoms with Gasteiger partial charge in [-0.15, -0.1) is 0 Å². The Labute approximate surface area is 190 Å². The Hall–Kier alpha value is -3.90. The minimum atomic E-state index is 0.886. The third-order valence-electron chi connectivity index (χ3n) is 6.24. The molecule has 0 atom stereocenters. The SMILES string of the molecule is C=Cc1c(/C=C\Cc2cccc(-c3ccccc3C)c2)c2ccccc2c2ccccc12. The van der Waals surface area contributed by atoms with Crippen LogP contribution in [-0.4, -0.2) is 0 Å². The zero-order valence-electron chi connectivity index (χ0n) is 18.4. The van der Waals surface area contributed by atoms with Gasteiger partial charge in [-0.3, -0.25) is 0 Å². The van der Waals surface area contributed by atoms with Crippen molar-refractivity contribution in [3.05, 3.63) is 132 Å². The lowest BCUT2D eigenvalue weighted by atomic mass is 9.91. The van der Waals surface area contributed by atoms with Crippen molar-refractivity contribution in [1.29, 1.82) is 0 Å². The van der Waals surface area contributed by atoms with Crippen LogP contribution in [0, 0.1) is 6.92 Å². The fourth-order valence-electron chi connectivity index (χ4n) is 4.67. The minimum absolute atomic E-state index is 0.886. The first-order valence-corrected chi connectivity index (χ1v) is 11.1. The summed E-state index contributed by atoms with van der Waals surface area (Å²) < 4.78 is 0. The van der Waals surface area contributed by atoms with Crippen LogP contribution in [-0.2, 0) is 6.42 Å². The highest BCUT2D eigenvalue weighted by Crippen LogP contribution is 2.34. The quantitative estimate of drug-likeness (QED) is 0.254. The van der Waals surface area contributed by atoms with Crippen LogP contribution in [0.5, 0.6) is 0 Å². The van der Waals surface area contributed by atoms with Crippen molar-refractivity contribution in [3.63, 3.8) is 0 Å². The third kappa shape index (κ3) is 3.65. The average molecular weight is 411 g/mol. The second kappa shape index (κ2) is 8.69. The largest absolute Gasteiger partial charge is 0.0984 e. The molecule has 5 aromatic carbocycles. The molecule has 0 heterocycles. The van der Waals surface area contributed by atoms with Gasteiger partial charge in [-0.1, -0.05) is 122 Å². The van der Waals surface area contributed by atoms with Crippen LogP contribution in [0.1, 0.15) is 22.3 Å². The fraction of sp³-hybridized carbons (Fsp3) is 0.0625. The van der Waals surface area contributed by atoms with E-state index in [9.17, 15) is 0 Å². The molecule has 0 saturated heterocycles. The highest BCUT2D eigenvalue weighted by molar-refractivity contribution is 6.14. The molecule has 0 heteroatoms. The van der Waals surface area contributed by atoms with Crippen molar-refractivity contribution in [2.45, 2.75) is 13.3 Å². The van der Waals surface area contributed by atoms with E-state index in [0.29, 0.717) is 0 Å². The van der Waals surface area contributed by atoms with Gasteiger partial charge in [-0.05, 0) is 68.3 Å². The standard InChI is InChI=1S/C32H26/c1-3-26-28-17-6-7-18-30(28)32-20-9-8-19-31(32)29(26)21-11-14-24-13-10-15-25(22-24)27-16-5-4-12-23(27)2/h3-13,15-22H,1,14H2,2H3/b21-11-. The van der Waals surface area contributed by atoms with Gasteiger partial charge in [-0.2, -0.15) is 0 Å². The molecule has 5 rings (SSSR count). The minimum Gasteiger partial charge on any atom is -0.0984 e. The van der Waals surface area contributed by atoms with Gasteiger partial charge in [0.15, 0.2) is 0 Å². The summed E-state index contributed by atoms with van der Waals surface area (Å²) >= 11 is 0. The van der Waals surface area contributed by atoms with Crippen molar-refractivity contribution < 1.29 is 0 Å². The summed E-state index contributed by atoms with van der Waals surface area (Å²) in [7, 11) is 0. The summed E-state index contributed by atoms with van der Waals surface area (Å²) in [5.41, 5.74) is 7.63. The van der Waals surface area contributed by atoms with Gasteiger partial charge in [0.05, 0.1) is 0 Å². The molecule has 0 amide bonds. The molecule has 0 bridgehead atoms. The Morgan fingerprint density at radius 1 is 0.656 bits per heavy atom. The Morgan fingerprint density at radius 2 is 1.28 bits per heavy atom. The normalized spacial score (nSPS) is 11.4. The Bertz CT molecular complexity index is 1470. The lowest BCUT2D eigenvalue weighted by Gasteiger charge is -2.13. The molecule has 0 fully saturated rings. The van der Waals surface area contributed by atoms with Crippen molar-refractivity contribution in [2.24, 2.45) is 0 Å². The van der Waals surface area contributed by atoms with E-state index in [-0.39, 0.29) is 0 Å². The van der Waals surface area contributed by atoms with Crippen LogP contribution < -0.4 is 0 Å². The fourth-order valence-corrected chi connectivity index (χ4v) is 4.67. The second-order valence-corrected chi connectivity index (χ2v) is 8.24. The van der Waals surface area contributed by atoms with Crippen LogP contribution in [0.15, 0.2) is 110 Å². The van der Waals surface area contributed by atoms with Gasteiger partial charge < -0.3 is 0 Å². The molecule has 0 radical (unpaired) electrons. The summed E-state index contributed by atoms with van der Waals surface area (Å²) in [4.78, 5) is 0. The first-order valence-electron chi connectivity index (χ1n) is 11.1. The van der Waals surface area contributed by atoms with Crippen LogP contribution >= 0.6 is 0 Å². The maximum Gasteiger partial charge on any atom is -0.00939 e. The number of rotatable bonds is 5. The van der Waals surface area contributed by atoms with Crippen LogP contribution in [0.3, 0.4) is 0 Å². The van der Waals surface area contributed by atoms with E-state index in [1.807, 2.05) is 6.08 Å². The Balaban J connectivity index is 1.54. The molecule has 0 aliphatic heterocycles. The molecule has 0 saturated carbocycles. The van der Waals surface area contributed by atoms with Gasteiger partial charge in [-0.25, -0.2) is 0 Å². The average Bonchev–Trinajstić information content (AvgIpc) is 2.84. The maximum absolute atomic E-state index is 4.13. The van der Waals surface area contributed by atoms with E-state index in [1.165, 1.54) is 54.9 Å². The Kier molecular flexibility index (Phi) is 5.44. The predicted octanol–water partition coefficient (Wildman–Crippen LogP) is 8.87. The van der Waals surface area contributed by atoms with Crippen molar-refractivity contribution in [1.82, 2.24) is 0 Å². The summed E-state index contributed by atoms with van der Waals surface area (Å²) in [5, 5.41) is 5.09. The molecule has 0 nitrogen and oxygen atoms in total. The van der Waals surface area contributed by atoms with Crippen LogP contribution in [0.2, 0.25) is 0 Å². The van der Waals surface area contributed by atoms with Crippen LogP contribution in [0.4, 0.5) is 0 Å². The molecule has 0 aliphatic rings. The molecule has 0 spiro atoms. The number of benzene rings is 5. The zero-order chi connectivity index (χ0) is 21.9. The van der Waals surface area contributed by atoms with E-state index in [2.05, 4.69) is 123 Å². The topological polar surface area (TPSA) is 0 Å². The van der Waals surface area contributed by atoms with Gasteiger partial charge in [0.25, 0.3) is 0 Å². The van der Waals surface area contributed by atoms with Gasteiger partial charge >= 0.3 is 0 Å². The molecule has 0 N–H and O–H groups in total. The van der Waals surface area contributed by atoms with E-state index >= 15 is 0 Å². The van der Waals surface area contributed by atoms with E-state index in [1.54, 1.807) is 0 Å². The molecule has 5 aromatic rings. The molecule has 154 valence electrons.